The number of carboxylic acid groups (broad SMARTS) is 1. The number of carbonyl (C=O) groups excluding carboxylic acids is 1. The van der Waals surface area contributed by atoms with Crippen molar-refractivity contribution in [2.24, 2.45) is 0 Å². The number of carboxylic acids is 1. The number of nitrogens with zero attached hydrogens (tertiary/aromatic N) is 2. The van der Waals surface area contributed by atoms with Gasteiger partial charge in [0, 0.05) is 30.8 Å². The number of methoxy groups -OCH3 is 1. The van der Waals surface area contributed by atoms with E-state index in [1.165, 1.54) is 12.0 Å². The lowest BCUT2D eigenvalue weighted by atomic mass is 9.96. The molecule has 0 aromatic heterocycles. The highest BCUT2D eigenvalue weighted by Gasteiger charge is 2.38. The van der Waals surface area contributed by atoms with Crippen molar-refractivity contribution in [2.75, 3.05) is 13.7 Å². The molecule has 0 aliphatic carbocycles. The predicted octanol–water partition coefficient (Wildman–Crippen LogP) is 2.22. The molecule has 2 rings (SSSR count). The molecule has 1 aromatic rings. The third-order valence-electron chi connectivity index (χ3n) is 4.71. The topological polar surface area (TPSA) is 110 Å². The molecule has 0 bridgehead atoms. The van der Waals surface area contributed by atoms with Gasteiger partial charge in [-0.1, -0.05) is 0 Å². The molecule has 2 unspecified atom stereocenters. The third kappa shape index (κ3) is 3.63. The lowest BCUT2D eigenvalue weighted by molar-refractivity contribution is -0.386. The zero-order chi connectivity index (χ0) is 18.9. The van der Waals surface area contributed by atoms with E-state index in [1.54, 1.807) is 26.8 Å². The van der Waals surface area contributed by atoms with Crippen LogP contribution in [0, 0.1) is 30.9 Å². The maximum absolute atomic E-state index is 13.1. The smallest absolute Gasteiger partial charge is 0.305 e. The van der Waals surface area contributed by atoms with E-state index < -0.39 is 16.9 Å². The SMILES string of the molecule is COC1CC(CC(=O)O)N(C(=O)c2c(C)cc(C)c([N+](=O)[O-])c2C)C1. The number of aliphatic carboxylic acids is 1. The molecule has 0 spiro atoms. The Morgan fingerprint density at radius 2 is 2.00 bits per heavy atom. The van der Waals surface area contributed by atoms with Gasteiger partial charge in [-0.25, -0.2) is 0 Å². The van der Waals surface area contributed by atoms with Crippen molar-refractivity contribution in [3.05, 3.63) is 38.4 Å². The van der Waals surface area contributed by atoms with Crippen LogP contribution in [0.2, 0.25) is 0 Å². The van der Waals surface area contributed by atoms with E-state index >= 15 is 0 Å². The number of likely N-dealkylation sites (tertiary alicyclic amines) is 1. The number of nitro groups is 1. The van der Waals surface area contributed by atoms with E-state index in [4.69, 9.17) is 9.84 Å². The van der Waals surface area contributed by atoms with Crippen molar-refractivity contribution in [3.63, 3.8) is 0 Å². The average Bonchev–Trinajstić information content (AvgIpc) is 2.88. The van der Waals surface area contributed by atoms with Gasteiger partial charge in [-0.3, -0.25) is 19.7 Å². The van der Waals surface area contributed by atoms with Gasteiger partial charge in [0.25, 0.3) is 11.6 Å². The maximum Gasteiger partial charge on any atom is 0.305 e. The fraction of sp³-hybridized carbons (Fsp3) is 0.529. The molecule has 1 aliphatic heterocycles. The Morgan fingerprint density at radius 1 is 1.36 bits per heavy atom. The van der Waals surface area contributed by atoms with E-state index in [-0.39, 0.29) is 36.2 Å². The average molecular weight is 350 g/mol. The predicted molar refractivity (Wildman–Crippen MR) is 89.8 cm³/mol. The van der Waals surface area contributed by atoms with Crippen LogP contribution < -0.4 is 0 Å². The van der Waals surface area contributed by atoms with Crippen LogP contribution in [0.4, 0.5) is 5.69 Å². The normalized spacial score (nSPS) is 19.9. The van der Waals surface area contributed by atoms with E-state index in [2.05, 4.69) is 0 Å². The van der Waals surface area contributed by atoms with Crippen LogP contribution in [-0.2, 0) is 9.53 Å². The summed E-state index contributed by atoms with van der Waals surface area (Å²) < 4.78 is 5.29. The summed E-state index contributed by atoms with van der Waals surface area (Å²) >= 11 is 0. The molecule has 1 fully saturated rings. The van der Waals surface area contributed by atoms with Crippen LogP contribution in [0.15, 0.2) is 6.07 Å². The molecule has 0 radical (unpaired) electrons. The van der Waals surface area contributed by atoms with Gasteiger partial charge in [-0.05, 0) is 38.8 Å². The minimum Gasteiger partial charge on any atom is -0.481 e. The quantitative estimate of drug-likeness (QED) is 0.644. The lowest BCUT2D eigenvalue weighted by Gasteiger charge is -2.25. The molecule has 1 aromatic carbocycles. The molecular weight excluding hydrogens is 328 g/mol. The Hall–Kier alpha value is -2.48. The van der Waals surface area contributed by atoms with E-state index in [9.17, 15) is 19.7 Å². The number of rotatable bonds is 5. The molecule has 8 nitrogen and oxygen atoms in total. The molecule has 136 valence electrons. The van der Waals surface area contributed by atoms with Crippen molar-refractivity contribution in [1.82, 2.24) is 4.90 Å². The van der Waals surface area contributed by atoms with Gasteiger partial charge >= 0.3 is 5.97 Å². The summed E-state index contributed by atoms with van der Waals surface area (Å²) in [5.74, 6) is -1.38. The Kier molecular flexibility index (Phi) is 5.42. The van der Waals surface area contributed by atoms with Crippen molar-refractivity contribution in [3.8, 4) is 0 Å². The minimum atomic E-state index is -0.997. The van der Waals surface area contributed by atoms with Gasteiger partial charge in [0.05, 0.1) is 23.0 Å². The van der Waals surface area contributed by atoms with Crippen LogP contribution >= 0.6 is 0 Å². The molecule has 1 aliphatic rings. The number of amides is 1. The first-order chi connectivity index (χ1) is 11.7. The van der Waals surface area contributed by atoms with E-state index in [1.807, 2.05) is 0 Å². The van der Waals surface area contributed by atoms with Gasteiger partial charge in [-0.2, -0.15) is 0 Å². The second kappa shape index (κ2) is 7.18. The molecule has 1 amide bonds. The van der Waals surface area contributed by atoms with Crippen LogP contribution in [0.25, 0.3) is 0 Å². The van der Waals surface area contributed by atoms with Gasteiger partial charge in [0.1, 0.15) is 0 Å². The minimum absolute atomic E-state index is 0.0776. The lowest BCUT2D eigenvalue weighted by Crippen LogP contribution is -2.38. The molecule has 1 N–H and O–H groups in total. The van der Waals surface area contributed by atoms with Gasteiger partial charge in [-0.15, -0.1) is 0 Å². The summed E-state index contributed by atoms with van der Waals surface area (Å²) in [5.41, 5.74) is 1.63. The van der Waals surface area contributed by atoms with E-state index in [0.29, 0.717) is 23.1 Å². The summed E-state index contributed by atoms with van der Waals surface area (Å²) in [4.78, 5) is 36.5. The van der Waals surface area contributed by atoms with Gasteiger partial charge < -0.3 is 14.7 Å². The Labute approximate surface area is 145 Å². The second-order valence-electron chi connectivity index (χ2n) is 6.42. The standard InChI is InChI=1S/C17H22N2O6/c1-9-5-10(2)16(19(23)24)11(3)15(9)17(22)18-8-13(25-4)6-12(18)7-14(20)21/h5,12-13H,6-8H2,1-4H3,(H,20,21). The highest BCUT2D eigenvalue weighted by atomic mass is 16.6. The Bertz CT molecular complexity index is 730. The van der Waals surface area contributed by atoms with Crippen molar-refractivity contribution < 1.29 is 24.4 Å². The second-order valence-corrected chi connectivity index (χ2v) is 6.42. The number of ether oxygens (including phenoxy) is 1. The highest BCUT2D eigenvalue weighted by molar-refractivity contribution is 5.99. The third-order valence-corrected chi connectivity index (χ3v) is 4.71. The first-order valence-electron chi connectivity index (χ1n) is 7.98. The van der Waals surface area contributed by atoms with E-state index in [0.717, 1.165) is 0 Å². The summed E-state index contributed by atoms with van der Waals surface area (Å²) in [6.07, 6.45) is 0.00691. The molecule has 2 atom stereocenters. The fourth-order valence-corrected chi connectivity index (χ4v) is 3.62. The molecule has 1 heterocycles. The number of aryl methyl sites for hydroxylation is 2. The van der Waals surface area contributed by atoms with Crippen LogP contribution in [0.3, 0.4) is 0 Å². The fourth-order valence-electron chi connectivity index (χ4n) is 3.62. The van der Waals surface area contributed by atoms with Crippen molar-refractivity contribution >= 4 is 17.6 Å². The summed E-state index contributed by atoms with van der Waals surface area (Å²) in [7, 11) is 1.52. The molecule has 8 heteroatoms. The van der Waals surface area contributed by atoms with Gasteiger partial charge in [0.2, 0.25) is 0 Å². The Morgan fingerprint density at radius 3 is 2.52 bits per heavy atom. The number of nitro benzene ring substituents is 1. The molecular formula is C17H22N2O6. The number of carbonyl (C=O) groups is 2. The number of hydrogen-bond donors (Lipinski definition) is 1. The molecule has 25 heavy (non-hydrogen) atoms. The van der Waals surface area contributed by atoms with Crippen LogP contribution in [0.1, 0.15) is 39.9 Å². The van der Waals surface area contributed by atoms with Crippen molar-refractivity contribution in [1.29, 1.82) is 0 Å². The van der Waals surface area contributed by atoms with Crippen LogP contribution in [0.5, 0.6) is 0 Å². The maximum atomic E-state index is 13.1. The first-order valence-corrected chi connectivity index (χ1v) is 7.98. The summed E-state index contributed by atoms with van der Waals surface area (Å²) in [6.45, 7) is 5.19. The molecule has 0 saturated carbocycles. The van der Waals surface area contributed by atoms with Crippen molar-refractivity contribution in [2.45, 2.75) is 45.8 Å². The van der Waals surface area contributed by atoms with Gasteiger partial charge in [0.15, 0.2) is 0 Å². The highest BCUT2D eigenvalue weighted by Crippen LogP contribution is 2.32. The largest absolute Gasteiger partial charge is 0.481 e. The molecule has 1 saturated heterocycles. The zero-order valence-corrected chi connectivity index (χ0v) is 14.7. The number of benzene rings is 1. The zero-order valence-electron chi connectivity index (χ0n) is 14.7. The monoisotopic (exact) mass is 350 g/mol. The Balaban J connectivity index is 2.47. The summed E-state index contributed by atoms with van der Waals surface area (Å²) in [6, 6.07) is 1.13. The number of hydrogen-bond acceptors (Lipinski definition) is 5. The van der Waals surface area contributed by atoms with Crippen LogP contribution in [-0.4, -0.2) is 52.6 Å². The summed E-state index contributed by atoms with van der Waals surface area (Å²) in [5, 5.41) is 20.4. The first kappa shape index (κ1) is 18.9.